The number of hydrogen-bond acceptors (Lipinski definition) is 8. The third-order valence-corrected chi connectivity index (χ3v) is 4.84. The number of ether oxygens (including phenoxy) is 1. The van der Waals surface area contributed by atoms with Crippen LogP contribution in [0.3, 0.4) is 0 Å². The normalized spacial score (nSPS) is 20.8. The molecule has 1 unspecified atom stereocenters. The number of sulfone groups is 1. The maximum absolute atomic E-state index is 11.7. The highest BCUT2D eigenvalue weighted by Gasteiger charge is 2.25. The van der Waals surface area contributed by atoms with E-state index in [1.807, 2.05) is 13.8 Å². The van der Waals surface area contributed by atoms with Gasteiger partial charge in [-0.2, -0.15) is 15.0 Å². The number of nitrogens with one attached hydrogen (secondary N) is 2. The second kappa shape index (κ2) is 6.88. The first-order chi connectivity index (χ1) is 10.0. The molecule has 1 aliphatic rings. The molecule has 2 heterocycles. The third-order valence-electron chi connectivity index (χ3n) is 3.02. The fourth-order valence-electron chi connectivity index (χ4n) is 2.17. The molecule has 2 N–H and O–H groups in total. The van der Waals surface area contributed by atoms with Crippen LogP contribution in [0, 0.1) is 0 Å². The van der Waals surface area contributed by atoms with Crippen molar-refractivity contribution in [1.29, 1.82) is 0 Å². The zero-order chi connectivity index (χ0) is 15.3. The lowest BCUT2D eigenvalue weighted by atomic mass is 10.2. The van der Waals surface area contributed by atoms with Gasteiger partial charge < -0.3 is 15.4 Å². The number of nitrogens with zero attached hydrogens (tertiary/aromatic N) is 3. The Hall–Kier alpha value is -1.64. The molecule has 1 atom stereocenters. The molecule has 1 aromatic heterocycles. The van der Waals surface area contributed by atoms with Gasteiger partial charge in [-0.15, -0.1) is 0 Å². The van der Waals surface area contributed by atoms with Crippen molar-refractivity contribution < 1.29 is 13.2 Å². The Kier molecular flexibility index (Phi) is 5.16. The summed E-state index contributed by atoms with van der Waals surface area (Å²) in [7, 11) is -2.97. The topological polar surface area (TPSA) is 106 Å². The summed E-state index contributed by atoms with van der Waals surface area (Å²) in [6, 6.07) is 0.0553. The van der Waals surface area contributed by atoms with Gasteiger partial charge in [0.15, 0.2) is 9.84 Å². The number of hydrogen-bond donors (Lipinski definition) is 2. The van der Waals surface area contributed by atoms with Crippen LogP contribution in [-0.2, 0) is 9.84 Å². The lowest BCUT2D eigenvalue weighted by molar-refractivity contribution is 0.312. The quantitative estimate of drug-likeness (QED) is 0.790. The van der Waals surface area contributed by atoms with Crippen LogP contribution in [0.25, 0.3) is 0 Å². The summed E-state index contributed by atoms with van der Waals surface area (Å²) < 4.78 is 28.6. The van der Waals surface area contributed by atoms with Crippen molar-refractivity contribution in [3.8, 4) is 6.01 Å². The van der Waals surface area contributed by atoms with Crippen molar-refractivity contribution in [2.75, 3.05) is 35.3 Å². The Bertz CT molecular complexity index is 554. The first-order valence-electron chi connectivity index (χ1n) is 7.12. The van der Waals surface area contributed by atoms with Gasteiger partial charge in [0, 0.05) is 12.6 Å². The molecule has 2 rings (SSSR count). The molecule has 0 spiro atoms. The molecule has 1 saturated heterocycles. The Balaban J connectivity index is 2.14. The van der Waals surface area contributed by atoms with Gasteiger partial charge in [0.1, 0.15) is 0 Å². The first-order valence-corrected chi connectivity index (χ1v) is 8.94. The summed E-state index contributed by atoms with van der Waals surface area (Å²) in [4.78, 5) is 12.5. The van der Waals surface area contributed by atoms with Crippen molar-refractivity contribution in [1.82, 2.24) is 15.0 Å². The maximum Gasteiger partial charge on any atom is 0.323 e. The molecule has 1 fully saturated rings. The van der Waals surface area contributed by atoms with Crippen LogP contribution >= 0.6 is 0 Å². The predicted octanol–water partition coefficient (Wildman–Crippen LogP) is 0.691. The van der Waals surface area contributed by atoms with Crippen LogP contribution in [0.5, 0.6) is 6.01 Å². The van der Waals surface area contributed by atoms with Crippen molar-refractivity contribution >= 4 is 21.7 Å². The van der Waals surface area contributed by atoms with E-state index in [9.17, 15) is 8.42 Å². The Morgan fingerprint density at radius 3 is 2.67 bits per heavy atom. The van der Waals surface area contributed by atoms with Gasteiger partial charge in [-0.1, -0.05) is 0 Å². The predicted molar refractivity (Wildman–Crippen MR) is 80.5 cm³/mol. The zero-order valence-corrected chi connectivity index (χ0v) is 13.1. The van der Waals surface area contributed by atoms with E-state index >= 15 is 0 Å². The van der Waals surface area contributed by atoms with Crippen molar-refractivity contribution in [2.24, 2.45) is 0 Å². The van der Waals surface area contributed by atoms with Gasteiger partial charge in [0.25, 0.3) is 0 Å². The molecule has 21 heavy (non-hydrogen) atoms. The molecular weight excluding hydrogens is 294 g/mol. The van der Waals surface area contributed by atoms with Crippen LogP contribution < -0.4 is 15.4 Å². The fraction of sp³-hybridized carbons (Fsp3) is 0.750. The molecule has 1 aliphatic heterocycles. The second-order valence-corrected chi connectivity index (χ2v) is 7.06. The van der Waals surface area contributed by atoms with Crippen LogP contribution in [0.15, 0.2) is 0 Å². The van der Waals surface area contributed by atoms with E-state index in [0.29, 0.717) is 31.5 Å². The Labute approximate surface area is 124 Å². The maximum atomic E-state index is 11.7. The molecule has 118 valence electrons. The molecule has 0 radical (unpaired) electrons. The van der Waals surface area contributed by atoms with E-state index in [1.165, 1.54) is 0 Å². The summed E-state index contributed by atoms with van der Waals surface area (Å²) in [6.45, 7) is 4.90. The summed E-state index contributed by atoms with van der Waals surface area (Å²) in [5, 5.41) is 6.07. The highest BCUT2D eigenvalue weighted by atomic mass is 32.2. The monoisotopic (exact) mass is 315 g/mol. The Morgan fingerprint density at radius 1 is 1.24 bits per heavy atom. The minimum Gasteiger partial charge on any atom is -0.464 e. The highest BCUT2D eigenvalue weighted by Crippen LogP contribution is 2.17. The van der Waals surface area contributed by atoms with Crippen LogP contribution in [-0.4, -0.2) is 54.1 Å². The molecular formula is C12H21N5O3S. The lowest BCUT2D eigenvalue weighted by Gasteiger charge is -2.23. The highest BCUT2D eigenvalue weighted by molar-refractivity contribution is 7.91. The van der Waals surface area contributed by atoms with Gasteiger partial charge >= 0.3 is 6.01 Å². The van der Waals surface area contributed by atoms with Gasteiger partial charge in [-0.25, -0.2) is 8.42 Å². The third kappa shape index (κ3) is 4.69. The van der Waals surface area contributed by atoms with Gasteiger partial charge in [-0.3, -0.25) is 0 Å². The Morgan fingerprint density at radius 2 is 2.00 bits per heavy atom. The summed E-state index contributed by atoms with van der Waals surface area (Å²) in [5.41, 5.74) is 0. The van der Waals surface area contributed by atoms with Crippen molar-refractivity contribution in [2.45, 2.75) is 32.7 Å². The number of anilines is 2. The zero-order valence-electron chi connectivity index (χ0n) is 12.3. The van der Waals surface area contributed by atoms with E-state index in [4.69, 9.17) is 4.74 Å². The van der Waals surface area contributed by atoms with Crippen LogP contribution in [0.2, 0.25) is 0 Å². The fourth-order valence-corrected chi connectivity index (χ4v) is 3.81. The average Bonchev–Trinajstić information content (AvgIpc) is 2.38. The molecule has 1 aromatic rings. The van der Waals surface area contributed by atoms with Crippen molar-refractivity contribution in [3.05, 3.63) is 0 Å². The van der Waals surface area contributed by atoms with Gasteiger partial charge in [0.05, 0.1) is 18.1 Å². The number of aromatic nitrogens is 3. The molecule has 0 saturated carbocycles. The summed E-state index contributed by atoms with van der Waals surface area (Å²) >= 11 is 0. The number of rotatable bonds is 6. The summed E-state index contributed by atoms with van der Waals surface area (Å²) in [6.07, 6.45) is 1.44. The first kappa shape index (κ1) is 15.7. The van der Waals surface area contributed by atoms with Crippen LogP contribution in [0.4, 0.5) is 11.9 Å². The minimum atomic E-state index is -2.97. The van der Waals surface area contributed by atoms with E-state index in [2.05, 4.69) is 25.6 Å². The van der Waals surface area contributed by atoms with Crippen LogP contribution in [0.1, 0.15) is 26.7 Å². The average molecular weight is 315 g/mol. The van der Waals surface area contributed by atoms with E-state index in [-0.39, 0.29) is 23.6 Å². The van der Waals surface area contributed by atoms with E-state index in [1.54, 1.807) is 0 Å². The van der Waals surface area contributed by atoms with Gasteiger partial charge in [0.2, 0.25) is 11.9 Å². The lowest BCUT2D eigenvalue weighted by Crippen LogP contribution is -2.35. The van der Waals surface area contributed by atoms with E-state index in [0.717, 1.165) is 6.42 Å². The summed E-state index contributed by atoms with van der Waals surface area (Å²) in [5.74, 6) is 1.12. The molecule has 0 aliphatic carbocycles. The molecule has 9 heteroatoms. The SMILES string of the molecule is CCNc1nc(NC2CCCS(=O)(=O)C2)nc(OCC)n1. The molecule has 0 bridgehead atoms. The standard InChI is InChI=1S/C12H21N5O3S/c1-3-13-10-15-11(17-12(16-10)20-4-2)14-9-6-5-7-21(18,19)8-9/h9H,3-8H2,1-2H3,(H2,13,14,15,16,17). The minimum absolute atomic E-state index is 0.110. The van der Waals surface area contributed by atoms with E-state index < -0.39 is 9.84 Å². The molecule has 0 amide bonds. The molecule has 0 aromatic carbocycles. The largest absolute Gasteiger partial charge is 0.464 e. The second-order valence-electron chi connectivity index (χ2n) is 4.83. The van der Waals surface area contributed by atoms with Gasteiger partial charge in [-0.05, 0) is 26.7 Å². The smallest absolute Gasteiger partial charge is 0.323 e. The van der Waals surface area contributed by atoms with Crippen molar-refractivity contribution in [3.63, 3.8) is 0 Å². The molecule has 8 nitrogen and oxygen atoms in total.